The maximum atomic E-state index is 12.6. The third-order valence-corrected chi connectivity index (χ3v) is 18.2. The topological polar surface area (TPSA) is 95.9 Å². The molecule has 0 aromatic rings. The van der Waals surface area contributed by atoms with Crippen molar-refractivity contribution in [3.63, 3.8) is 0 Å². The summed E-state index contributed by atoms with van der Waals surface area (Å²) in [4.78, 5) is 24.7. The van der Waals surface area contributed by atoms with Crippen LogP contribution in [-0.4, -0.2) is 47.4 Å². The second-order valence-electron chi connectivity index (χ2n) is 26.7. The third kappa shape index (κ3) is 69.4. The van der Waals surface area contributed by atoms with Crippen LogP contribution in [0.2, 0.25) is 0 Å². The van der Waals surface area contributed by atoms with E-state index in [-0.39, 0.29) is 18.5 Å². The van der Waals surface area contributed by atoms with Crippen molar-refractivity contribution in [2.75, 3.05) is 13.2 Å². The van der Waals surface area contributed by atoms with E-state index in [0.29, 0.717) is 19.4 Å². The molecule has 0 fully saturated rings. The number of aliphatic hydroxyl groups is 2. The SMILES string of the molecule is CCCCCCCC/C=C\CCCCCCCCCC(=O)OCCCCCCCCCCCCCCCCCCCCCCCCCCCC(=O)NC(CO)C(O)/C=C/CCCCCCCCCCCCCCCCCCCCCCCCC. The van der Waals surface area contributed by atoms with E-state index in [9.17, 15) is 19.8 Å². The summed E-state index contributed by atoms with van der Waals surface area (Å²) in [5.41, 5.74) is 0. The Kier molecular flexibility index (Phi) is 72.3. The average molecular weight is 1180 g/mol. The molecule has 3 N–H and O–H groups in total. The van der Waals surface area contributed by atoms with Crippen molar-refractivity contribution in [2.45, 2.75) is 450 Å². The van der Waals surface area contributed by atoms with Crippen LogP contribution in [0.25, 0.3) is 0 Å². The molecule has 84 heavy (non-hydrogen) atoms. The quantitative estimate of drug-likeness (QED) is 0.0320. The molecule has 0 aliphatic rings. The molecule has 2 atom stereocenters. The highest BCUT2D eigenvalue weighted by atomic mass is 16.5. The predicted octanol–water partition coefficient (Wildman–Crippen LogP) is 25.3. The molecule has 0 heterocycles. The molecule has 0 aromatic carbocycles. The van der Waals surface area contributed by atoms with Crippen molar-refractivity contribution >= 4 is 11.9 Å². The van der Waals surface area contributed by atoms with E-state index >= 15 is 0 Å². The Morgan fingerprint density at radius 3 is 0.845 bits per heavy atom. The molecule has 0 aliphatic heterocycles. The zero-order valence-corrected chi connectivity index (χ0v) is 57.2. The standard InChI is InChI=1S/C78H151NO5/c1-3-5-7-9-11-13-15-17-19-21-22-23-24-26-29-32-35-39-42-46-50-54-58-62-66-70-76(81)75(74-80)79-77(82)71-67-63-59-55-51-47-43-40-36-33-30-27-25-28-31-34-37-41-45-49-53-57-61-65-69-73-84-78(83)72-68-64-60-56-52-48-44-38-20-18-16-14-12-10-8-6-4-2/h18,20,66,70,75-76,80-81H,3-17,19,21-65,67-69,71-74H2,1-2H3,(H,79,82)/b20-18-,70-66+. The Morgan fingerprint density at radius 2 is 0.560 bits per heavy atom. The predicted molar refractivity (Wildman–Crippen MR) is 370 cm³/mol. The van der Waals surface area contributed by atoms with Crippen molar-refractivity contribution in [3.05, 3.63) is 24.3 Å². The number of hydrogen-bond donors (Lipinski definition) is 3. The summed E-state index contributed by atoms with van der Waals surface area (Å²) in [6.07, 6.45) is 94.2. The lowest BCUT2D eigenvalue weighted by Crippen LogP contribution is -2.45. The Hall–Kier alpha value is -1.66. The molecular weight excluding hydrogens is 1030 g/mol. The Balaban J connectivity index is 3.38. The van der Waals surface area contributed by atoms with E-state index < -0.39 is 12.1 Å². The van der Waals surface area contributed by atoms with E-state index in [1.165, 1.54) is 366 Å². The van der Waals surface area contributed by atoms with Crippen LogP contribution >= 0.6 is 0 Å². The highest BCUT2D eigenvalue weighted by Gasteiger charge is 2.18. The number of ether oxygens (including phenoxy) is 1. The second kappa shape index (κ2) is 73.8. The average Bonchev–Trinajstić information content (AvgIpc) is 3.51. The first-order valence-electron chi connectivity index (χ1n) is 38.6. The molecule has 0 saturated carbocycles. The maximum absolute atomic E-state index is 12.6. The molecule has 1 amide bonds. The number of hydrogen-bond acceptors (Lipinski definition) is 5. The molecule has 0 aromatic heterocycles. The zero-order chi connectivity index (χ0) is 60.6. The molecule has 0 aliphatic carbocycles. The fourth-order valence-corrected chi connectivity index (χ4v) is 12.3. The monoisotopic (exact) mass is 1180 g/mol. The van der Waals surface area contributed by atoms with Crippen LogP contribution in [-0.2, 0) is 14.3 Å². The Labute approximate surface area is 526 Å². The minimum Gasteiger partial charge on any atom is -0.466 e. The number of carbonyl (C=O) groups is 2. The van der Waals surface area contributed by atoms with Crippen molar-refractivity contribution in [1.29, 1.82) is 0 Å². The van der Waals surface area contributed by atoms with Gasteiger partial charge in [-0.25, -0.2) is 0 Å². The van der Waals surface area contributed by atoms with Gasteiger partial charge in [0.15, 0.2) is 0 Å². The number of unbranched alkanes of at least 4 members (excludes halogenated alkanes) is 60. The van der Waals surface area contributed by atoms with Gasteiger partial charge < -0.3 is 20.3 Å². The number of rotatable bonds is 73. The van der Waals surface area contributed by atoms with Gasteiger partial charge in [0.1, 0.15) is 0 Å². The summed E-state index contributed by atoms with van der Waals surface area (Å²) in [5.74, 6) is -0.0472. The highest BCUT2D eigenvalue weighted by Crippen LogP contribution is 2.20. The van der Waals surface area contributed by atoms with E-state index in [0.717, 1.165) is 44.9 Å². The van der Waals surface area contributed by atoms with Gasteiger partial charge in [-0.2, -0.15) is 0 Å². The summed E-state index contributed by atoms with van der Waals surface area (Å²) < 4.78 is 5.51. The number of allylic oxidation sites excluding steroid dienone is 3. The lowest BCUT2D eigenvalue weighted by atomic mass is 10.0. The van der Waals surface area contributed by atoms with Crippen LogP contribution in [0.4, 0.5) is 0 Å². The van der Waals surface area contributed by atoms with Gasteiger partial charge in [-0.05, 0) is 57.8 Å². The molecule has 0 radical (unpaired) electrons. The zero-order valence-electron chi connectivity index (χ0n) is 57.2. The van der Waals surface area contributed by atoms with Gasteiger partial charge in [0.05, 0.1) is 25.4 Å². The number of esters is 1. The summed E-state index contributed by atoms with van der Waals surface area (Å²) in [6.45, 7) is 4.95. The molecule has 6 heteroatoms. The first-order chi connectivity index (χ1) is 41.5. The van der Waals surface area contributed by atoms with Crippen LogP contribution in [0.5, 0.6) is 0 Å². The van der Waals surface area contributed by atoms with Crippen LogP contribution in [0.1, 0.15) is 438 Å². The molecule has 6 nitrogen and oxygen atoms in total. The molecule has 0 spiro atoms. The van der Waals surface area contributed by atoms with Crippen molar-refractivity contribution in [3.8, 4) is 0 Å². The third-order valence-electron chi connectivity index (χ3n) is 18.2. The fourth-order valence-electron chi connectivity index (χ4n) is 12.3. The number of nitrogens with one attached hydrogen (secondary N) is 1. The Bertz CT molecular complexity index is 1320. The van der Waals surface area contributed by atoms with Crippen molar-refractivity contribution in [2.24, 2.45) is 0 Å². The number of aliphatic hydroxyl groups excluding tert-OH is 2. The number of amides is 1. The van der Waals surface area contributed by atoms with Gasteiger partial charge in [-0.1, -0.05) is 391 Å². The van der Waals surface area contributed by atoms with E-state index in [1.807, 2.05) is 6.08 Å². The van der Waals surface area contributed by atoms with Crippen LogP contribution in [0.15, 0.2) is 24.3 Å². The van der Waals surface area contributed by atoms with Gasteiger partial charge in [-0.15, -0.1) is 0 Å². The molecule has 0 bridgehead atoms. The van der Waals surface area contributed by atoms with Crippen LogP contribution in [0.3, 0.4) is 0 Å². The Morgan fingerprint density at radius 1 is 0.321 bits per heavy atom. The van der Waals surface area contributed by atoms with Crippen molar-refractivity contribution < 1.29 is 24.5 Å². The molecular formula is C78H151NO5. The van der Waals surface area contributed by atoms with Gasteiger partial charge in [0.2, 0.25) is 5.91 Å². The van der Waals surface area contributed by atoms with E-state index in [4.69, 9.17) is 4.74 Å². The van der Waals surface area contributed by atoms with Gasteiger partial charge in [-0.3, -0.25) is 9.59 Å². The molecule has 0 saturated heterocycles. The van der Waals surface area contributed by atoms with Gasteiger partial charge in [0, 0.05) is 12.8 Å². The van der Waals surface area contributed by atoms with E-state index in [1.54, 1.807) is 6.08 Å². The second-order valence-corrected chi connectivity index (χ2v) is 26.7. The molecule has 2 unspecified atom stereocenters. The minimum absolute atomic E-state index is 0.0138. The van der Waals surface area contributed by atoms with Gasteiger partial charge in [0.25, 0.3) is 0 Å². The summed E-state index contributed by atoms with van der Waals surface area (Å²) in [7, 11) is 0. The smallest absolute Gasteiger partial charge is 0.305 e. The van der Waals surface area contributed by atoms with Crippen LogP contribution in [0, 0.1) is 0 Å². The van der Waals surface area contributed by atoms with Gasteiger partial charge >= 0.3 is 5.97 Å². The number of carbonyl (C=O) groups excluding carboxylic acids is 2. The van der Waals surface area contributed by atoms with Crippen LogP contribution < -0.4 is 5.32 Å². The highest BCUT2D eigenvalue weighted by molar-refractivity contribution is 5.76. The summed E-state index contributed by atoms with van der Waals surface area (Å²) in [6, 6.07) is -0.628. The normalized spacial score (nSPS) is 12.6. The largest absolute Gasteiger partial charge is 0.466 e. The van der Waals surface area contributed by atoms with Crippen molar-refractivity contribution in [1.82, 2.24) is 5.32 Å². The molecule has 0 rings (SSSR count). The summed E-state index contributed by atoms with van der Waals surface area (Å²) in [5, 5.41) is 23.3. The maximum Gasteiger partial charge on any atom is 0.305 e. The minimum atomic E-state index is -0.845. The van der Waals surface area contributed by atoms with E-state index in [2.05, 4.69) is 31.3 Å². The first-order valence-corrected chi connectivity index (χ1v) is 38.6. The lowest BCUT2D eigenvalue weighted by molar-refractivity contribution is -0.143. The first kappa shape index (κ1) is 82.3. The summed E-state index contributed by atoms with van der Waals surface area (Å²) >= 11 is 0. The lowest BCUT2D eigenvalue weighted by Gasteiger charge is -2.20. The molecule has 498 valence electrons. The fraction of sp³-hybridized carbons (Fsp3) is 0.923.